The second-order valence-corrected chi connectivity index (χ2v) is 7.33. The Labute approximate surface area is 170 Å². The van der Waals surface area contributed by atoms with Crippen LogP contribution < -0.4 is 0 Å². The van der Waals surface area contributed by atoms with Crippen molar-refractivity contribution in [2.45, 2.75) is 26.2 Å². The number of ketones is 1. The van der Waals surface area contributed by atoms with Gasteiger partial charge in [0.1, 0.15) is 5.82 Å². The van der Waals surface area contributed by atoms with Crippen LogP contribution in [-0.4, -0.2) is 53.6 Å². The lowest BCUT2D eigenvalue weighted by Crippen LogP contribution is -2.37. The lowest BCUT2D eigenvalue weighted by atomic mass is 10.0. The van der Waals surface area contributed by atoms with Gasteiger partial charge in [0.2, 0.25) is 5.91 Å². The average Bonchev–Trinajstić information content (AvgIpc) is 2.98. The molecule has 1 aliphatic heterocycles. The molecule has 3 rings (SSSR count). The van der Waals surface area contributed by atoms with Crippen LogP contribution in [0.15, 0.2) is 48.5 Å². The molecule has 0 saturated carbocycles. The molecule has 29 heavy (non-hydrogen) atoms. The lowest BCUT2D eigenvalue weighted by Gasteiger charge is -2.22. The van der Waals surface area contributed by atoms with Gasteiger partial charge in [0.05, 0.1) is 0 Å². The van der Waals surface area contributed by atoms with E-state index in [1.807, 2.05) is 19.1 Å². The number of Topliss-reactive ketones (excluding diaryl/α,β-unsaturated/α-hetero) is 1. The van der Waals surface area contributed by atoms with Crippen LogP contribution in [0.4, 0.5) is 4.39 Å². The van der Waals surface area contributed by atoms with Crippen LogP contribution in [0.3, 0.4) is 0 Å². The minimum Gasteiger partial charge on any atom is -0.341 e. The number of benzene rings is 2. The van der Waals surface area contributed by atoms with E-state index in [0.29, 0.717) is 43.7 Å². The monoisotopic (exact) mass is 396 g/mol. The van der Waals surface area contributed by atoms with Crippen molar-refractivity contribution in [1.82, 2.24) is 9.80 Å². The third-order valence-electron chi connectivity index (χ3n) is 5.15. The summed E-state index contributed by atoms with van der Waals surface area (Å²) in [6.45, 7) is 3.83. The van der Waals surface area contributed by atoms with Crippen molar-refractivity contribution in [2.24, 2.45) is 0 Å². The third kappa shape index (κ3) is 5.50. The van der Waals surface area contributed by atoms with E-state index in [1.54, 1.807) is 28.0 Å². The zero-order valence-electron chi connectivity index (χ0n) is 16.6. The Kier molecular flexibility index (Phi) is 6.75. The highest BCUT2D eigenvalue weighted by molar-refractivity contribution is 5.98. The molecule has 0 N–H and O–H groups in total. The van der Waals surface area contributed by atoms with Gasteiger partial charge in [0.25, 0.3) is 5.91 Å². The SMILES string of the molecule is Cc1ccc(C(=O)CCC(=O)N2CCCN(C(=O)c3cccc(F)c3)CC2)cc1. The van der Waals surface area contributed by atoms with Crippen LogP contribution in [0.25, 0.3) is 0 Å². The molecule has 0 radical (unpaired) electrons. The third-order valence-corrected chi connectivity index (χ3v) is 5.15. The predicted octanol–water partition coefficient (Wildman–Crippen LogP) is 3.47. The fraction of sp³-hybridized carbons (Fsp3) is 0.348. The van der Waals surface area contributed by atoms with E-state index in [2.05, 4.69) is 0 Å². The molecule has 2 aromatic carbocycles. The minimum atomic E-state index is -0.444. The Morgan fingerprint density at radius 2 is 1.55 bits per heavy atom. The maximum atomic E-state index is 13.4. The van der Waals surface area contributed by atoms with Gasteiger partial charge >= 0.3 is 0 Å². The Morgan fingerprint density at radius 3 is 2.28 bits per heavy atom. The van der Waals surface area contributed by atoms with Gasteiger partial charge in [-0.25, -0.2) is 4.39 Å². The van der Waals surface area contributed by atoms with Crippen LogP contribution in [0, 0.1) is 12.7 Å². The first kappa shape index (κ1) is 20.7. The predicted molar refractivity (Wildman–Crippen MR) is 108 cm³/mol. The van der Waals surface area contributed by atoms with E-state index in [0.717, 1.165) is 5.56 Å². The number of halogens is 1. The highest BCUT2D eigenvalue weighted by Gasteiger charge is 2.23. The summed E-state index contributed by atoms with van der Waals surface area (Å²) in [5, 5.41) is 0. The maximum absolute atomic E-state index is 13.4. The fourth-order valence-electron chi connectivity index (χ4n) is 3.44. The normalized spacial score (nSPS) is 14.4. The van der Waals surface area contributed by atoms with Gasteiger partial charge in [0, 0.05) is 50.1 Å². The van der Waals surface area contributed by atoms with Crippen LogP contribution in [-0.2, 0) is 4.79 Å². The van der Waals surface area contributed by atoms with E-state index < -0.39 is 5.82 Å². The first-order valence-electron chi connectivity index (χ1n) is 9.86. The van der Waals surface area contributed by atoms with Crippen LogP contribution >= 0.6 is 0 Å². The molecule has 0 bridgehead atoms. The topological polar surface area (TPSA) is 57.7 Å². The minimum absolute atomic E-state index is 0.0453. The van der Waals surface area contributed by atoms with Crippen LogP contribution in [0.1, 0.15) is 45.5 Å². The zero-order chi connectivity index (χ0) is 20.8. The summed E-state index contributed by atoms with van der Waals surface area (Å²) >= 11 is 0. The van der Waals surface area contributed by atoms with Gasteiger partial charge < -0.3 is 9.80 Å². The van der Waals surface area contributed by atoms with Crippen molar-refractivity contribution in [3.63, 3.8) is 0 Å². The van der Waals surface area contributed by atoms with Gasteiger partial charge in [-0.15, -0.1) is 0 Å². The molecule has 1 heterocycles. The smallest absolute Gasteiger partial charge is 0.254 e. The van der Waals surface area contributed by atoms with Crippen molar-refractivity contribution in [3.8, 4) is 0 Å². The second kappa shape index (κ2) is 9.45. The van der Waals surface area contributed by atoms with E-state index in [-0.39, 0.29) is 30.4 Å². The molecule has 6 heteroatoms. The molecule has 1 fully saturated rings. The maximum Gasteiger partial charge on any atom is 0.254 e. The number of amides is 2. The summed E-state index contributed by atoms with van der Waals surface area (Å²) in [6.07, 6.45) is 0.980. The zero-order valence-corrected chi connectivity index (χ0v) is 16.6. The number of carbonyl (C=O) groups excluding carboxylic acids is 3. The molecule has 2 amide bonds. The number of rotatable bonds is 5. The van der Waals surface area contributed by atoms with E-state index in [1.165, 1.54) is 18.2 Å². The Morgan fingerprint density at radius 1 is 0.862 bits per heavy atom. The first-order valence-corrected chi connectivity index (χ1v) is 9.86. The number of aryl methyl sites for hydroxylation is 1. The van der Waals surface area contributed by atoms with Crippen molar-refractivity contribution < 1.29 is 18.8 Å². The molecule has 152 valence electrons. The van der Waals surface area contributed by atoms with Gasteiger partial charge in [0.15, 0.2) is 5.78 Å². The van der Waals surface area contributed by atoms with Crippen LogP contribution in [0.5, 0.6) is 0 Å². The lowest BCUT2D eigenvalue weighted by molar-refractivity contribution is -0.131. The standard InChI is InChI=1S/C23H25FN2O3/c1-17-6-8-18(9-7-17)21(27)10-11-22(28)25-12-3-13-26(15-14-25)23(29)19-4-2-5-20(24)16-19/h2,4-9,16H,3,10-15H2,1H3. The highest BCUT2D eigenvalue weighted by Crippen LogP contribution is 2.13. The molecular formula is C23H25FN2O3. The molecular weight excluding hydrogens is 371 g/mol. The summed E-state index contributed by atoms with van der Waals surface area (Å²) in [6, 6.07) is 13.0. The van der Waals surface area contributed by atoms with Gasteiger partial charge in [-0.2, -0.15) is 0 Å². The molecule has 1 saturated heterocycles. The molecule has 2 aromatic rings. The fourth-order valence-corrected chi connectivity index (χ4v) is 3.44. The van der Waals surface area contributed by atoms with E-state index in [9.17, 15) is 18.8 Å². The number of carbonyl (C=O) groups is 3. The van der Waals surface area contributed by atoms with Gasteiger partial charge in [-0.3, -0.25) is 14.4 Å². The Hall–Kier alpha value is -3.02. The number of nitrogens with zero attached hydrogens (tertiary/aromatic N) is 2. The van der Waals surface area contributed by atoms with Crippen molar-refractivity contribution in [1.29, 1.82) is 0 Å². The van der Waals surface area contributed by atoms with Gasteiger partial charge in [-0.05, 0) is 31.5 Å². The molecule has 0 unspecified atom stereocenters. The molecule has 5 nitrogen and oxygen atoms in total. The van der Waals surface area contributed by atoms with E-state index >= 15 is 0 Å². The highest BCUT2D eigenvalue weighted by atomic mass is 19.1. The van der Waals surface area contributed by atoms with Crippen molar-refractivity contribution in [2.75, 3.05) is 26.2 Å². The molecule has 0 aromatic heterocycles. The molecule has 0 atom stereocenters. The van der Waals surface area contributed by atoms with Crippen LogP contribution in [0.2, 0.25) is 0 Å². The summed E-state index contributed by atoms with van der Waals surface area (Å²) in [7, 11) is 0. The van der Waals surface area contributed by atoms with E-state index in [4.69, 9.17) is 0 Å². The largest absolute Gasteiger partial charge is 0.341 e. The summed E-state index contributed by atoms with van der Waals surface area (Å²) in [5.74, 6) is -0.796. The van der Waals surface area contributed by atoms with Crippen molar-refractivity contribution >= 4 is 17.6 Å². The first-order chi connectivity index (χ1) is 13.9. The molecule has 0 spiro atoms. The summed E-state index contributed by atoms with van der Waals surface area (Å²) < 4.78 is 13.4. The number of hydrogen-bond acceptors (Lipinski definition) is 3. The Balaban J connectivity index is 1.52. The van der Waals surface area contributed by atoms with Crippen molar-refractivity contribution in [3.05, 3.63) is 71.0 Å². The Bertz CT molecular complexity index is 895. The molecule has 1 aliphatic rings. The quantitative estimate of drug-likeness (QED) is 0.727. The molecule has 0 aliphatic carbocycles. The second-order valence-electron chi connectivity index (χ2n) is 7.33. The summed E-state index contributed by atoms with van der Waals surface area (Å²) in [5.41, 5.74) is 2.01. The summed E-state index contributed by atoms with van der Waals surface area (Å²) in [4.78, 5) is 40.8. The van der Waals surface area contributed by atoms with Gasteiger partial charge in [-0.1, -0.05) is 35.9 Å². The number of hydrogen-bond donors (Lipinski definition) is 0. The average molecular weight is 396 g/mol.